The molecule has 0 fully saturated rings. The second-order valence-corrected chi connectivity index (χ2v) is 5.95. The minimum absolute atomic E-state index is 0.548. The van der Waals surface area contributed by atoms with Gasteiger partial charge < -0.3 is 4.74 Å². The molecule has 0 saturated carbocycles. The van der Waals surface area contributed by atoms with Crippen LogP contribution in [0.2, 0.25) is 0 Å². The highest BCUT2D eigenvalue weighted by molar-refractivity contribution is 5.98. The monoisotopic (exact) mass is 340 g/mol. The second kappa shape index (κ2) is 7.28. The molecule has 0 aliphatic carbocycles. The van der Waals surface area contributed by atoms with E-state index in [0.717, 1.165) is 27.8 Å². The number of aromatic nitrogens is 1. The third-order valence-electron chi connectivity index (χ3n) is 4.23. The summed E-state index contributed by atoms with van der Waals surface area (Å²) in [6.07, 6.45) is 0. The van der Waals surface area contributed by atoms with Crippen molar-refractivity contribution in [3.05, 3.63) is 91.0 Å². The fraction of sp³-hybridized carbons (Fsp3) is 0.0870. The third kappa shape index (κ3) is 3.11. The molecule has 26 heavy (non-hydrogen) atoms. The lowest BCUT2D eigenvalue weighted by molar-refractivity contribution is 0.314. The summed E-state index contributed by atoms with van der Waals surface area (Å²) < 4.78 is 8.07. The summed E-state index contributed by atoms with van der Waals surface area (Å²) in [5.41, 5.74) is 4.14. The molecule has 0 aliphatic rings. The first-order chi connectivity index (χ1) is 12.9. The van der Waals surface area contributed by atoms with E-state index < -0.39 is 0 Å². The van der Waals surface area contributed by atoms with E-state index in [-0.39, 0.29) is 0 Å². The van der Waals surface area contributed by atoms with Crippen molar-refractivity contribution in [1.82, 2.24) is 4.57 Å². The van der Waals surface area contributed by atoms with Crippen LogP contribution in [0.1, 0.15) is 6.92 Å². The Morgan fingerprint density at radius 3 is 2.23 bits per heavy atom. The van der Waals surface area contributed by atoms with E-state index in [9.17, 15) is 0 Å². The molecule has 1 heterocycles. The number of ether oxygens (including phenoxy) is 1. The van der Waals surface area contributed by atoms with Crippen LogP contribution < -0.4 is 0 Å². The molecule has 0 unspecified atom stereocenters. The minimum Gasteiger partial charge on any atom is -0.465 e. The van der Waals surface area contributed by atoms with Gasteiger partial charge in [-0.2, -0.15) is 4.99 Å². The Labute approximate surface area is 153 Å². The molecular weight excluding hydrogens is 320 g/mol. The van der Waals surface area contributed by atoms with Crippen molar-refractivity contribution < 1.29 is 4.74 Å². The zero-order valence-corrected chi connectivity index (χ0v) is 14.7. The molecule has 0 saturated heterocycles. The van der Waals surface area contributed by atoms with E-state index in [2.05, 4.69) is 41.0 Å². The molecule has 4 rings (SSSR count). The van der Waals surface area contributed by atoms with Crippen molar-refractivity contribution >= 4 is 22.6 Å². The van der Waals surface area contributed by atoms with Crippen LogP contribution in [0.15, 0.2) is 96.0 Å². The maximum atomic E-state index is 5.97. The number of hydrogen-bond donors (Lipinski definition) is 0. The van der Waals surface area contributed by atoms with Gasteiger partial charge in [0, 0.05) is 5.39 Å². The van der Waals surface area contributed by atoms with Crippen LogP contribution in [0.5, 0.6) is 0 Å². The summed E-state index contributed by atoms with van der Waals surface area (Å²) in [6, 6.07) is 31.3. The molecule has 0 amide bonds. The Kier molecular flexibility index (Phi) is 4.52. The van der Waals surface area contributed by atoms with Crippen molar-refractivity contribution in [2.75, 3.05) is 6.61 Å². The highest BCUT2D eigenvalue weighted by Gasteiger charge is 2.16. The Balaban J connectivity index is 1.97. The van der Waals surface area contributed by atoms with Gasteiger partial charge in [0.25, 0.3) is 0 Å². The van der Waals surface area contributed by atoms with Crippen molar-refractivity contribution in [2.24, 2.45) is 4.99 Å². The molecule has 3 nitrogen and oxygen atoms in total. The first-order valence-corrected chi connectivity index (χ1v) is 8.79. The van der Waals surface area contributed by atoms with Gasteiger partial charge in [0.05, 0.1) is 23.5 Å². The molecular formula is C23H20N2O. The summed E-state index contributed by atoms with van der Waals surface area (Å²) in [5, 5.41) is 1.16. The van der Waals surface area contributed by atoms with Gasteiger partial charge in [-0.15, -0.1) is 0 Å². The third-order valence-corrected chi connectivity index (χ3v) is 4.23. The van der Waals surface area contributed by atoms with Crippen molar-refractivity contribution in [2.45, 2.75) is 6.92 Å². The fourth-order valence-corrected chi connectivity index (χ4v) is 3.07. The van der Waals surface area contributed by atoms with Gasteiger partial charge in [0.2, 0.25) is 0 Å². The van der Waals surface area contributed by atoms with Gasteiger partial charge >= 0.3 is 6.02 Å². The molecule has 0 N–H and O–H groups in total. The van der Waals surface area contributed by atoms with E-state index >= 15 is 0 Å². The molecule has 1 aromatic heterocycles. The average molecular weight is 340 g/mol. The van der Waals surface area contributed by atoms with Crippen LogP contribution in [0, 0.1) is 0 Å². The highest BCUT2D eigenvalue weighted by Crippen LogP contribution is 2.29. The van der Waals surface area contributed by atoms with Crippen LogP contribution in [0.3, 0.4) is 0 Å². The quantitative estimate of drug-likeness (QED) is 0.338. The average Bonchev–Trinajstić information content (AvgIpc) is 3.09. The Bertz CT molecular complexity index is 1030. The minimum atomic E-state index is 0.548. The Morgan fingerprint density at radius 2 is 1.50 bits per heavy atom. The van der Waals surface area contributed by atoms with E-state index in [1.165, 1.54) is 0 Å². The van der Waals surface area contributed by atoms with E-state index in [4.69, 9.17) is 9.73 Å². The lowest BCUT2D eigenvalue weighted by Gasteiger charge is -2.14. The summed E-state index contributed by atoms with van der Waals surface area (Å²) in [5.74, 6) is 0. The molecule has 0 bridgehead atoms. The smallest absolute Gasteiger partial charge is 0.301 e. The van der Waals surface area contributed by atoms with Crippen molar-refractivity contribution in [3.8, 4) is 11.3 Å². The summed E-state index contributed by atoms with van der Waals surface area (Å²) >= 11 is 0. The summed E-state index contributed by atoms with van der Waals surface area (Å²) in [4.78, 5) is 4.78. The number of fused-ring (bicyclic) bond motifs is 1. The van der Waals surface area contributed by atoms with Gasteiger partial charge in [0.1, 0.15) is 0 Å². The summed E-state index contributed by atoms with van der Waals surface area (Å²) in [7, 11) is 0. The molecule has 0 radical (unpaired) electrons. The first-order valence-electron chi connectivity index (χ1n) is 8.79. The molecule has 3 heteroatoms. The van der Waals surface area contributed by atoms with Gasteiger partial charge in [-0.1, -0.05) is 66.7 Å². The fourth-order valence-electron chi connectivity index (χ4n) is 3.07. The Hall–Kier alpha value is -3.33. The second-order valence-electron chi connectivity index (χ2n) is 5.95. The molecule has 3 aromatic carbocycles. The van der Waals surface area contributed by atoms with Crippen LogP contribution >= 0.6 is 0 Å². The normalized spacial score (nSPS) is 11.7. The Morgan fingerprint density at radius 1 is 0.846 bits per heavy atom. The number of para-hydroxylation sites is 2. The molecule has 4 aromatic rings. The van der Waals surface area contributed by atoms with Gasteiger partial charge in [-0.3, -0.25) is 4.57 Å². The number of rotatable bonds is 3. The van der Waals surface area contributed by atoms with Crippen molar-refractivity contribution in [3.63, 3.8) is 0 Å². The van der Waals surface area contributed by atoms with Crippen LogP contribution in [-0.2, 0) is 4.74 Å². The number of aliphatic imine (C=N–C) groups is 1. The van der Waals surface area contributed by atoms with Gasteiger partial charge in [-0.25, -0.2) is 0 Å². The zero-order chi connectivity index (χ0) is 17.8. The van der Waals surface area contributed by atoms with Crippen LogP contribution in [-0.4, -0.2) is 17.2 Å². The predicted molar refractivity (Wildman–Crippen MR) is 108 cm³/mol. The van der Waals surface area contributed by atoms with E-state index in [1.807, 2.05) is 61.5 Å². The number of benzene rings is 3. The molecule has 0 spiro atoms. The van der Waals surface area contributed by atoms with Crippen molar-refractivity contribution in [1.29, 1.82) is 0 Å². The largest absolute Gasteiger partial charge is 0.465 e. The maximum absolute atomic E-state index is 5.97. The molecule has 0 aliphatic heterocycles. The zero-order valence-electron chi connectivity index (χ0n) is 14.7. The lowest BCUT2D eigenvalue weighted by atomic mass is 10.1. The standard InChI is InChI=1S/C23H20N2O/c1-2-26-23(24-20-14-7-4-8-15-20)25-21-16-10-9-13-19(21)17-22(25)18-11-5-3-6-12-18/h3-17H,2H2,1H3. The summed E-state index contributed by atoms with van der Waals surface area (Å²) in [6.45, 7) is 2.53. The lowest BCUT2D eigenvalue weighted by Crippen LogP contribution is -2.16. The number of nitrogens with zero attached hydrogens (tertiary/aromatic N) is 2. The highest BCUT2D eigenvalue weighted by atomic mass is 16.5. The predicted octanol–water partition coefficient (Wildman–Crippen LogP) is 5.88. The van der Waals surface area contributed by atoms with Crippen LogP contribution in [0.25, 0.3) is 22.2 Å². The SMILES string of the molecule is CCOC(=Nc1ccccc1)n1c(-c2ccccc2)cc2ccccc21. The van der Waals surface area contributed by atoms with Gasteiger partial charge in [-0.05, 0) is 36.8 Å². The van der Waals surface area contributed by atoms with E-state index in [0.29, 0.717) is 12.6 Å². The molecule has 128 valence electrons. The van der Waals surface area contributed by atoms with Crippen LogP contribution in [0.4, 0.5) is 5.69 Å². The van der Waals surface area contributed by atoms with E-state index in [1.54, 1.807) is 0 Å². The number of hydrogen-bond acceptors (Lipinski definition) is 2. The molecule has 0 atom stereocenters. The topological polar surface area (TPSA) is 26.5 Å². The van der Waals surface area contributed by atoms with Gasteiger partial charge in [0.15, 0.2) is 0 Å². The first kappa shape index (κ1) is 16.2. The maximum Gasteiger partial charge on any atom is 0.301 e.